The lowest BCUT2D eigenvalue weighted by atomic mass is 10.2. The summed E-state index contributed by atoms with van der Waals surface area (Å²) in [5, 5.41) is 13.1. The second-order valence-electron chi connectivity index (χ2n) is 5.67. The fourth-order valence-electron chi connectivity index (χ4n) is 2.13. The molecule has 2 aromatic carbocycles. The molecule has 2 N–H and O–H groups in total. The first-order chi connectivity index (χ1) is 12.4. The van der Waals surface area contributed by atoms with E-state index in [0.717, 1.165) is 10.0 Å². The van der Waals surface area contributed by atoms with Crippen LogP contribution in [0.4, 0.5) is 5.69 Å². The number of hydrogen-bond acceptors (Lipinski definition) is 5. The average Bonchev–Trinajstić information content (AvgIpc) is 2.58. The van der Waals surface area contributed by atoms with Crippen molar-refractivity contribution in [3.05, 3.63) is 52.0 Å². The second-order valence-corrected chi connectivity index (χ2v) is 6.53. The quantitative estimate of drug-likeness (QED) is 0.474. The van der Waals surface area contributed by atoms with Gasteiger partial charge in [0.2, 0.25) is 0 Å². The number of nitrogens with zero attached hydrogens (tertiary/aromatic N) is 1. The molecule has 0 aliphatic rings. The van der Waals surface area contributed by atoms with Crippen LogP contribution in [0, 0.1) is 0 Å². The number of carbonyl (C=O) groups is 1. The van der Waals surface area contributed by atoms with E-state index in [0.29, 0.717) is 23.8 Å². The van der Waals surface area contributed by atoms with Gasteiger partial charge in [-0.3, -0.25) is 5.43 Å². The summed E-state index contributed by atoms with van der Waals surface area (Å²) in [4.78, 5) is 10.9. The van der Waals surface area contributed by atoms with Crippen LogP contribution in [0.2, 0.25) is 0 Å². The van der Waals surface area contributed by atoms with Gasteiger partial charge in [-0.1, -0.05) is 0 Å². The number of carboxylic acids is 1. The van der Waals surface area contributed by atoms with Crippen LogP contribution in [0.15, 0.2) is 46.0 Å². The Morgan fingerprint density at radius 1 is 1.27 bits per heavy atom. The van der Waals surface area contributed by atoms with Crippen LogP contribution >= 0.6 is 15.9 Å². The summed E-state index contributed by atoms with van der Waals surface area (Å²) in [6, 6.07) is 10.0. The zero-order chi connectivity index (χ0) is 19.1. The topological polar surface area (TPSA) is 80.2 Å². The summed E-state index contributed by atoms with van der Waals surface area (Å²) in [5.74, 6) is 0.357. The fourth-order valence-corrected chi connectivity index (χ4v) is 2.55. The van der Waals surface area contributed by atoms with E-state index in [1.165, 1.54) is 12.1 Å². The lowest BCUT2D eigenvalue weighted by Crippen LogP contribution is -2.08. The predicted octanol–water partition coefficient (Wildman–Crippen LogP) is 4.78. The molecule has 0 aromatic heterocycles. The van der Waals surface area contributed by atoms with Gasteiger partial charge in [-0.05, 0) is 73.1 Å². The van der Waals surface area contributed by atoms with E-state index in [4.69, 9.17) is 14.6 Å². The van der Waals surface area contributed by atoms with Crippen molar-refractivity contribution < 1.29 is 19.4 Å². The standard InChI is InChI=1S/C19H21BrN2O4/c1-4-25-17-9-14(16(20)10-18(17)26-12(2)3)11-21-22-15-7-5-13(6-8-15)19(23)24/h5-12,22H,4H2,1-3H3,(H,23,24)/b21-11+. The molecule has 2 rings (SSSR count). The molecular formula is C19H21BrN2O4. The third kappa shape index (κ3) is 5.49. The first-order valence-electron chi connectivity index (χ1n) is 8.16. The zero-order valence-corrected chi connectivity index (χ0v) is 16.4. The minimum atomic E-state index is -0.962. The molecule has 0 aliphatic heterocycles. The third-order valence-corrected chi connectivity index (χ3v) is 3.94. The highest BCUT2D eigenvalue weighted by Gasteiger charge is 2.11. The van der Waals surface area contributed by atoms with Crippen molar-refractivity contribution in [1.82, 2.24) is 0 Å². The molecule has 0 amide bonds. The van der Waals surface area contributed by atoms with Crippen LogP contribution in [0.3, 0.4) is 0 Å². The second kappa shape index (κ2) is 9.24. The van der Waals surface area contributed by atoms with E-state index in [-0.39, 0.29) is 11.7 Å². The number of nitrogens with one attached hydrogen (secondary N) is 1. The SMILES string of the molecule is CCOc1cc(/C=N/Nc2ccc(C(=O)O)cc2)c(Br)cc1OC(C)C. The number of aromatic carboxylic acids is 1. The van der Waals surface area contributed by atoms with E-state index in [9.17, 15) is 4.79 Å². The molecule has 0 heterocycles. The van der Waals surface area contributed by atoms with Gasteiger partial charge < -0.3 is 14.6 Å². The lowest BCUT2D eigenvalue weighted by Gasteiger charge is -2.16. The van der Waals surface area contributed by atoms with E-state index < -0.39 is 5.97 Å². The van der Waals surface area contributed by atoms with Gasteiger partial charge in [0.15, 0.2) is 11.5 Å². The van der Waals surface area contributed by atoms with Crippen LogP contribution in [-0.4, -0.2) is 30.0 Å². The third-order valence-electron chi connectivity index (χ3n) is 3.25. The van der Waals surface area contributed by atoms with Gasteiger partial charge in [0.05, 0.1) is 30.2 Å². The number of benzene rings is 2. The molecule has 0 unspecified atom stereocenters. The molecule has 0 radical (unpaired) electrons. The first kappa shape index (κ1) is 19.8. The van der Waals surface area contributed by atoms with Gasteiger partial charge in [-0.2, -0.15) is 5.10 Å². The van der Waals surface area contributed by atoms with E-state index >= 15 is 0 Å². The first-order valence-corrected chi connectivity index (χ1v) is 8.95. The molecule has 0 spiro atoms. The Kier molecular flexibility index (Phi) is 7.03. The summed E-state index contributed by atoms with van der Waals surface area (Å²) in [6.45, 7) is 6.36. The van der Waals surface area contributed by atoms with Gasteiger partial charge in [0.1, 0.15) is 0 Å². The van der Waals surface area contributed by atoms with E-state index in [2.05, 4.69) is 26.5 Å². The van der Waals surface area contributed by atoms with E-state index in [1.807, 2.05) is 32.9 Å². The molecule has 0 saturated carbocycles. The Hall–Kier alpha value is -2.54. The van der Waals surface area contributed by atoms with Crippen molar-refractivity contribution in [2.45, 2.75) is 26.9 Å². The highest BCUT2D eigenvalue weighted by Crippen LogP contribution is 2.34. The smallest absolute Gasteiger partial charge is 0.335 e. The number of halogens is 1. The Balaban J connectivity index is 2.15. The number of hydrazone groups is 1. The van der Waals surface area contributed by atoms with Crippen molar-refractivity contribution in [1.29, 1.82) is 0 Å². The van der Waals surface area contributed by atoms with Crippen molar-refractivity contribution in [3.63, 3.8) is 0 Å². The van der Waals surface area contributed by atoms with Crippen molar-refractivity contribution in [2.24, 2.45) is 5.10 Å². The lowest BCUT2D eigenvalue weighted by molar-refractivity contribution is 0.0697. The molecule has 0 fully saturated rings. The number of anilines is 1. The molecule has 2 aromatic rings. The monoisotopic (exact) mass is 420 g/mol. The van der Waals surface area contributed by atoms with Crippen molar-refractivity contribution >= 4 is 33.8 Å². The minimum absolute atomic E-state index is 0.0380. The highest BCUT2D eigenvalue weighted by molar-refractivity contribution is 9.10. The summed E-state index contributed by atoms with van der Waals surface area (Å²) >= 11 is 3.51. The Morgan fingerprint density at radius 3 is 2.54 bits per heavy atom. The number of hydrogen-bond donors (Lipinski definition) is 2. The number of carboxylic acid groups (broad SMARTS) is 1. The van der Waals surface area contributed by atoms with Crippen LogP contribution in [0.1, 0.15) is 36.7 Å². The van der Waals surface area contributed by atoms with E-state index in [1.54, 1.807) is 18.3 Å². The van der Waals surface area contributed by atoms with Gasteiger partial charge in [-0.25, -0.2) is 4.79 Å². The number of ether oxygens (including phenoxy) is 2. The molecule has 138 valence electrons. The van der Waals surface area contributed by atoms with Crippen molar-refractivity contribution in [2.75, 3.05) is 12.0 Å². The predicted molar refractivity (Wildman–Crippen MR) is 106 cm³/mol. The zero-order valence-electron chi connectivity index (χ0n) is 14.8. The van der Waals surface area contributed by atoms with Crippen molar-refractivity contribution in [3.8, 4) is 11.5 Å². The Labute approximate surface area is 161 Å². The average molecular weight is 421 g/mol. The summed E-state index contributed by atoms with van der Waals surface area (Å²) in [6.07, 6.45) is 1.69. The van der Waals surface area contributed by atoms with Crippen LogP contribution in [0.5, 0.6) is 11.5 Å². The maximum Gasteiger partial charge on any atom is 0.335 e. The highest BCUT2D eigenvalue weighted by atomic mass is 79.9. The molecule has 0 atom stereocenters. The summed E-state index contributed by atoms with van der Waals surface area (Å²) < 4.78 is 12.2. The van der Waals surface area contributed by atoms with Gasteiger partial charge >= 0.3 is 5.97 Å². The fraction of sp³-hybridized carbons (Fsp3) is 0.263. The minimum Gasteiger partial charge on any atom is -0.490 e. The molecule has 0 saturated heterocycles. The van der Waals surface area contributed by atoms with Crippen LogP contribution < -0.4 is 14.9 Å². The summed E-state index contributed by atoms with van der Waals surface area (Å²) in [7, 11) is 0. The maximum absolute atomic E-state index is 10.9. The van der Waals surface area contributed by atoms with Gasteiger partial charge in [0, 0.05) is 10.0 Å². The molecule has 7 heteroatoms. The van der Waals surface area contributed by atoms with Gasteiger partial charge in [0.25, 0.3) is 0 Å². The molecule has 26 heavy (non-hydrogen) atoms. The molecule has 0 bridgehead atoms. The van der Waals surface area contributed by atoms with Gasteiger partial charge in [-0.15, -0.1) is 0 Å². The largest absolute Gasteiger partial charge is 0.490 e. The molecular weight excluding hydrogens is 400 g/mol. The molecule has 0 aliphatic carbocycles. The Morgan fingerprint density at radius 2 is 1.96 bits per heavy atom. The van der Waals surface area contributed by atoms with Crippen LogP contribution in [-0.2, 0) is 0 Å². The maximum atomic E-state index is 10.9. The number of rotatable bonds is 8. The summed E-state index contributed by atoms with van der Waals surface area (Å²) in [5.41, 5.74) is 4.60. The Bertz CT molecular complexity index is 789. The normalized spacial score (nSPS) is 11.0. The van der Waals surface area contributed by atoms with Crippen LogP contribution in [0.25, 0.3) is 0 Å². The molecule has 6 nitrogen and oxygen atoms in total.